The van der Waals surface area contributed by atoms with Crippen molar-refractivity contribution in [2.45, 2.75) is 33.6 Å². The first-order valence-corrected chi connectivity index (χ1v) is 7.80. The van der Waals surface area contributed by atoms with Crippen LogP contribution in [0.25, 0.3) is 0 Å². The van der Waals surface area contributed by atoms with Crippen LogP contribution in [-0.4, -0.2) is 31.6 Å². The molecule has 1 aromatic carbocycles. The van der Waals surface area contributed by atoms with Crippen LogP contribution in [-0.2, 0) is 9.53 Å². The quantitative estimate of drug-likeness (QED) is 0.544. The fourth-order valence-corrected chi connectivity index (χ4v) is 1.89. The Morgan fingerprint density at radius 1 is 1.18 bits per heavy atom. The summed E-state index contributed by atoms with van der Waals surface area (Å²) in [6.07, 6.45) is 1.28. The Bertz CT molecular complexity index is 469. The topological polar surface area (TPSA) is 67.4 Å². The van der Waals surface area contributed by atoms with E-state index >= 15 is 0 Å². The van der Waals surface area contributed by atoms with Crippen LogP contribution in [0, 0.1) is 5.92 Å². The molecule has 22 heavy (non-hydrogen) atoms. The molecular weight excluding hydrogens is 280 g/mol. The van der Waals surface area contributed by atoms with Crippen LogP contribution in [0.15, 0.2) is 24.3 Å². The van der Waals surface area contributed by atoms with Crippen molar-refractivity contribution in [1.82, 2.24) is 5.32 Å². The van der Waals surface area contributed by atoms with Crippen molar-refractivity contribution >= 4 is 17.6 Å². The maximum Gasteiger partial charge on any atom is 0.338 e. The molecule has 0 saturated carbocycles. The van der Waals surface area contributed by atoms with Crippen molar-refractivity contribution in [3.05, 3.63) is 29.8 Å². The first kappa shape index (κ1) is 18.2. The Kier molecular flexibility index (Phi) is 8.22. The molecule has 1 amide bonds. The minimum absolute atomic E-state index is 0.0183. The normalized spacial score (nSPS) is 10.5. The van der Waals surface area contributed by atoms with Gasteiger partial charge in [-0.05, 0) is 56.6 Å². The number of carbonyl (C=O) groups excluding carboxylic acids is 2. The first-order chi connectivity index (χ1) is 10.5. The highest BCUT2D eigenvalue weighted by Crippen LogP contribution is 2.11. The molecule has 5 nitrogen and oxygen atoms in total. The lowest BCUT2D eigenvalue weighted by atomic mass is 10.2. The number of hydrogen-bond acceptors (Lipinski definition) is 4. The van der Waals surface area contributed by atoms with Crippen molar-refractivity contribution in [2.75, 3.05) is 25.0 Å². The van der Waals surface area contributed by atoms with E-state index in [4.69, 9.17) is 4.74 Å². The van der Waals surface area contributed by atoms with Gasteiger partial charge in [0.25, 0.3) is 0 Å². The molecule has 0 bridgehead atoms. The highest BCUT2D eigenvalue weighted by atomic mass is 16.5. The number of benzene rings is 1. The van der Waals surface area contributed by atoms with Gasteiger partial charge in [-0.25, -0.2) is 4.79 Å². The molecule has 0 atom stereocenters. The molecule has 1 aromatic rings. The van der Waals surface area contributed by atoms with Gasteiger partial charge >= 0.3 is 5.97 Å². The third-order valence-corrected chi connectivity index (χ3v) is 2.99. The number of ether oxygens (including phenoxy) is 1. The number of rotatable bonds is 9. The van der Waals surface area contributed by atoms with Gasteiger partial charge in [-0.2, -0.15) is 0 Å². The minimum Gasteiger partial charge on any atom is -0.462 e. The molecule has 0 aliphatic heterocycles. The van der Waals surface area contributed by atoms with Crippen LogP contribution in [0.4, 0.5) is 5.69 Å². The van der Waals surface area contributed by atoms with Crippen LogP contribution < -0.4 is 10.6 Å². The highest BCUT2D eigenvalue weighted by molar-refractivity contribution is 5.93. The van der Waals surface area contributed by atoms with E-state index in [1.54, 1.807) is 31.2 Å². The van der Waals surface area contributed by atoms with E-state index in [9.17, 15) is 9.59 Å². The zero-order chi connectivity index (χ0) is 16.4. The maximum atomic E-state index is 11.8. The standard InChI is InChI=1S/C17H26N2O3/c1-4-22-17(21)14-7-9-15(10-8-14)19-16(20)6-5-11-18-12-13(2)3/h7-10,13,18H,4-6,11-12H2,1-3H3,(H,19,20). The number of hydrogen-bond donors (Lipinski definition) is 2. The summed E-state index contributed by atoms with van der Waals surface area (Å²) in [5.41, 5.74) is 1.17. The second-order valence-corrected chi connectivity index (χ2v) is 5.55. The predicted molar refractivity (Wildman–Crippen MR) is 88.0 cm³/mol. The van der Waals surface area contributed by atoms with Crippen LogP contribution in [0.2, 0.25) is 0 Å². The van der Waals surface area contributed by atoms with Gasteiger partial charge in [0.2, 0.25) is 5.91 Å². The van der Waals surface area contributed by atoms with E-state index < -0.39 is 0 Å². The molecule has 0 spiro atoms. The summed E-state index contributed by atoms with van der Waals surface area (Å²) < 4.78 is 4.91. The molecule has 0 aliphatic rings. The van der Waals surface area contributed by atoms with Crippen molar-refractivity contribution in [3.8, 4) is 0 Å². The number of esters is 1. The molecule has 0 saturated heterocycles. The minimum atomic E-state index is -0.350. The van der Waals surface area contributed by atoms with Gasteiger partial charge in [-0.3, -0.25) is 4.79 Å². The van der Waals surface area contributed by atoms with Crippen molar-refractivity contribution in [3.63, 3.8) is 0 Å². The summed E-state index contributed by atoms with van der Waals surface area (Å²) in [7, 11) is 0. The monoisotopic (exact) mass is 306 g/mol. The first-order valence-electron chi connectivity index (χ1n) is 7.80. The number of carbonyl (C=O) groups is 2. The van der Waals surface area contributed by atoms with Crippen LogP contribution in [0.5, 0.6) is 0 Å². The van der Waals surface area contributed by atoms with Gasteiger partial charge in [0, 0.05) is 12.1 Å². The SMILES string of the molecule is CCOC(=O)c1ccc(NC(=O)CCCNCC(C)C)cc1. The van der Waals surface area contributed by atoms with E-state index in [1.807, 2.05) is 0 Å². The van der Waals surface area contributed by atoms with E-state index in [0.29, 0.717) is 30.2 Å². The molecule has 0 fully saturated rings. The van der Waals surface area contributed by atoms with E-state index in [2.05, 4.69) is 24.5 Å². The van der Waals surface area contributed by atoms with E-state index in [-0.39, 0.29) is 11.9 Å². The predicted octanol–water partition coefficient (Wildman–Crippen LogP) is 2.83. The van der Waals surface area contributed by atoms with Crippen LogP contribution in [0.3, 0.4) is 0 Å². The lowest BCUT2D eigenvalue weighted by molar-refractivity contribution is -0.116. The van der Waals surface area contributed by atoms with E-state index in [1.165, 1.54) is 0 Å². The second kappa shape index (κ2) is 9.95. The van der Waals surface area contributed by atoms with Gasteiger partial charge in [-0.15, -0.1) is 0 Å². The van der Waals surface area contributed by atoms with Gasteiger partial charge in [-0.1, -0.05) is 13.8 Å². The summed E-state index contributed by atoms with van der Waals surface area (Å²) in [5.74, 6) is 0.249. The average Bonchev–Trinajstić information content (AvgIpc) is 2.47. The molecule has 2 N–H and O–H groups in total. The molecule has 0 unspecified atom stereocenters. The van der Waals surface area contributed by atoms with Crippen LogP contribution >= 0.6 is 0 Å². The Morgan fingerprint density at radius 2 is 1.86 bits per heavy atom. The summed E-state index contributed by atoms with van der Waals surface area (Å²) in [6, 6.07) is 6.72. The summed E-state index contributed by atoms with van der Waals surface area (Å²) in [4.78, 5) is 23.3. The van der Waals surface area contributed by atoms with Crippen molar-refractivity contribution in [1.29, 1.82) is 0 Å². The zero-order valence-electron chi connectivity index (χ0n) is 13.6. The third-order valence-electron chi connectivity index (χ3n) is 2.99. The van der Waals surface area contributed by atoms with E-state index in [0.717, 1.165) is 19.5 Å². The Labute approximate surface area is 132 Å². The molecule has 0 radical (unpaired) electrons. The van der Waals surface area contributed by atoms with Crippen molar-refractivity contribution < 1.29 is 14.3 Å². The molecule has 122 valence electrons. The fraction of sp³-hybridized carbons (Fsp3) is 0.529. The highest BCUT2D eigenvalue weighted by Gasteiger charge is 2.07. The molecule has 0 heterocycles. The summed E-state index contributed by atoms with van der Waals surface area (Å²) in [5, 5.41) is 6.13. The van der Waals surface area contributed by atoms with Crippen molar-refractivity contribution in [2.24, 2.45) is 5.92 Å². The Hall–Kier alpha value is -1.88. The lowest BCUT2D eigenvalue weighted by Gasteiger charge is -2.08. The second-order valence-electron chi connectivity index (χ2n) is 5.55. The van der Waals surface area contributed by atoms with Gasteiger partial charge in [0.15, 0.2) is 0 Å². The molecular formula is C17H26N2O3. The van der Waals surface area contributed by atoms with Gasteiger partial charge in [0.1, 0.15) is 0 Å². The Morgan fingerprint density at radius 3 is 2.45 bits per heavy atom. The molecule has 5 heteroatoms. The number of amides is 1. The largest absolute Gasteiger partial charge is 0.462 e. The number of anilines is 1. The average molecular weight is 306 g/mol. The smallest absolute Gasteiger partial charge is 0.338 e. The summed E-state index contributed by atoms with van der Waals surface area (Å²) >= 11 is 0. The van der Waals surface area contributed by atoms with Gasteiger partial charge < -0.3 is 15.4 Å². The zero-order valence-corrected chi connectivity index (χ0v) is 13.6. The van der Waals surface area contributed by atoms with Crippen LogP contribution in [0.1, 0.15) is 44.0 Å². The molecule has 1 rings (SSSR count). The lowest BCUT2D eigenvalue weighted by Crippen LogP contribution is -2.22. The Balaban J connectivity index is 2.31. The molecule has 0 aromatic heterocycles. The summed E-state index contributed by atoms with van der Waals surface area (Å²) in [6.45, 7) is 8.23. The maximum absolute atomic E-state index is 11.8. The number of nitrogens with one attached hydrogen (secondary N) is 2. The fourth-order valence-electron chi connectivity index (χ4n) is 1.89. The molecule has 0 aliphatic carbocycles. The third kappa shape index (κ3) is 7.22. The van der Waals surface area contributed by atoms with Gasteiger partial charge in [0.05, 0.1) is 12.2 Å².